The molecule has 2 N–H and O–H groups in total. The van der Waals surface area contributed by atoms with Crippen molar-refractivity contribution in [1.29, 1.82) is 0 Å². The summed E-state index contributed by atoms with van der Waals surface area (Å²) in [5, 5.41) is 9.19. The molecule has 128 valence electrons. The van der Waals surface area contributed by atoms with E-state index in [1.54, 1.807) is 18.6 Å². The molecule has 2 rings (SSSR count). The van der Waals surface area contributed by atoms with Gasteiger partial charge in [-0.1, -0.05) is 26.0 Å². The van der Waals surface area contributed by atoms with Gasteiger partial charge in [0.2, 0.25) is 5.91 Å². The second-order valence-electron chi connectivity index (χ2n) is 5.76. The summed E-state index contributed by atoms with van der Waals surface area (Å²) in [5.41, 5.74) is 1.58. The Labute approximate surface area is 146 Å². The first-order valence-corrected chi connectivity index (χ1v) is 8.69. The van der Waals surface area contributed by atoms with Crippen LogP contribution < -0.4 is 15.4 Å². The van der Waals surface area contributed by atoms with E-state index in [-0.39, 0.29) is 30.3 Å². The fraction of sp³-hybridized carbons (Fsp3) is 0.333. The third-order valence-electron chi connectivity index (χ3n) is 3.65. The van der Waals surface area contributed by atoms with Gasteiger partial charge in [0.05, 0.1) is 19.7 Å². The minimum absolute atomic E-state index is 0.0476. The van der Waals surface area contributed by atoms with Gasteiger partial charge in [-0.25, -0.2) is 0 Å². The topological polar surface area (TPSA) is 67.4 Å². The first kappa shape index (κ1) is 18.0. The van der Waals surface area contributed by atoms with Gasteiger partial charge in [-0.15, -0.1) is 0 Å². The normalized spacial score (nSPS) is 11.8. The quantitative estimate of drug-likeness (QED) is 0.810. The second kappa shape index (κ2) is 8.49. The number of nitrogens with one attached hydrogen (secondary N) is 2. The predicted octanol–water partition coefficient (Wildman–Crippen LogP) is 3.00. The number of carbonyl (C=O) groups excluding carboxylic acids is 2. The number of hydrogen-bond donors (Lipinski definition) is 2. The highest BCUT2D eigenvalue weighted by Crippen LogP contribution is 2.23. The molecule has 1 aromatic heterocycles. The van der Waals surface area contributed by atoms with E-state index in [0.29, 0.717) is 5.56 Å². The Morgan fingerprint density at radius 1 is 1.17 bits per heavy atom. The zero-order valence-corrected chi connectivity index (χ0v) is 14.9. The summed E-state index contributed by atoms with van der Waals surface area (Å²) < 4.78 is 5.16. The molecule has 1 aromatic carbocycles. The Morgan fingerprint density at radius 3 is 2.42 bits per heavy atom. The number of carbonyl (C=O) groups is 2. The average molecular weight is 346 g/mol. The number of amides is 2. The van der Waals surface area contributed by atoms with Crippen LogP contribution in [0.15, 0.2) is 41.1 Å². The molecule has 0 spiro atoms. The standard InChI is InChI=1S/C18H22N2O3S/c1-12(2)17(13-4-6-15(23-3)7-5-13)20-16(21)10-19-18(22)14-8-9-24-11-14/h4-9,11-12,17H,10H2,1-3H3,(H,19,22)(H,20,21)/t17-/m1/s1. The van der Waals surface area contributed by atoms with Crippen molar-refractivity contribution >= 4 is 23.2 Å². The molecule has 0 aliphatic carbocycles. The van der Waals surface area contributed by atoms with E-state index in [1.807, 2.05) is 43.5 Å². The first-order chi connectivity index (χ1) is 11.5. The molecule has 0 bridgehead atoms. The molecular formula is C18H22N2O3S. The van der Waals surface area contributed by atoms with Crippen molar-refractivity contribution in [2.75, 3.05) is 13.7 Å². The molecule has 0 saturated heterocycles. The third-order valence-corrected chi connectivity index (χ3v) is 4.33. The van der Waals surface area contributed by atoms with Gasteiger partial charge in [-0.2, -0.15) is 11.3 Å². The van der Waals surface area contributed by atoms with Gasteiger partial charge < -0.3 is 15.4 Å². The maximum Gasteiger partial charge on any atom is 0.252 e. The predicted molar refractivity (Wildman–Crippen MR) is 95.4 cm³/mol. The summed E-state index contributed by atoms with van der Waals surface area (Å²) in [5.74, 6) is 0.538. The van der Waals surface area contributed by atoms with E-state index in [1.165, 1.54) is 11.3 Å². The second-order valence-corrected chi connectivity index (χ2v) is 6.54. The highest BCUT2D eigenvalue weighted by atomic mass is 32.1. The highest BCUT2D eigenvalue weighted by Gasteiger charge is 2.19. The van der Waals surface area contributed by atoms with Crippen molar-refractivity contribution in [1.82, 2.24) is 10.6 Å². The molecule has 0 aliphatic heterocycles. The maximum atomic E-state index is 12.2. The summed E-state index contributed by atoms with van der Waals surface area (Å²) in [6.07, 6.45) is 0. The van der Waals surface area contributed by atoms with Gasteiger partial charge >= 0.3 is 0 Å². The molecule has 2 aromatic rings. The van der Waals surface area contributed by atoms with Gasteiger partial charge in [0.25, 0.3) is 5.91 Å². The van der Waals surface area contributed by atoms with E-state index >= 15 is 0 Å². The minimum atomic E-state index is -0.239. The van der Waals surface area contributed by atoms with Crippen LogP contribution in [-0.2, 0) is 4.79 Å². The van der Waals surface area contributed by atoms with Gasteiger partial charge in [0, 0.05) is 10.9 Å². The highest BCUT2D eigenvalue weighted by molar-refractivity contribution is 7.08. The molecule has 0 aliphatic rings. The van der Waals surface area contributed by atoms with Gasteiger partial charge in [0.1, 0.15) is 5.75 Å². The van der Waals surface area contributed by atoms with Crippen LogP contribution in [0, 0.1) is 5.92 Å². The molecule has 0 radical (unpaired) electrons. The van der Waals surface area contributed by atoms with E-state index < -0.39 is 0 Å². The van der Waals surface area contributed by atoms with Gasteiger partial charge in [-0.05, 0) is 35.1 Å². The molecular weight excluding hydrogens is 324 g/mol. The summed E-state index contributed by atoms with van der Waals surface area (Å²) in [6, 6.07) is 9.22. The van der Waals surface area contributed by atoms with E-state index in [0.717, 1.165) is 11.3 Å². The lowest BCUT2D eigenvalue weighted by Gasteiger charge is -2.23. The van der Waals surface area contributed by atoms with E-state index in [2.05, 4.69) is 10.6 Å². The van der Waals surface area contributed by atoms with Crippen LogP contribution in [0.3, 0.4) is 0 Å². The first-order valence-electron chi connectivity index (χ1n) is 7.75. The number of hydrogen-bond acceptors (Lipinski definition) is 4. The SMILES string of the molecule is COc1ccc([C@H](NC(=O)CNC(=O)c2ccsc2)C(C)C)cc1. The lowest BCUT2D eigenvalue weighted by atomic mass is 9.96. The van der Waals surface area contributed by atoms with Crippen molar-refractivity contribution in [2.45, 2.75) is 19.9 Å². The van der Waals surface area contributed by atoms with Crippen molar-refractivity contribution < 1.29 is 14.3 Å². The molecule has 0 fully saturated rings. The Hall–Kier alpha value is -2.34. The molecule has 6 heteroatoms. The molecule has 24 heavy (non-hydrogen) atoms. The fourth-order valence-corrected chi connectivity index (χ4v) is 2.96. The lowest BCUT2D eigenvalue weighted by Crippen LogP contribution is -2.40. The van der Waals surface area contributed by atoms with Crippen molar-refractivity contribution in [3.8, 4) is 5.75 Å². The van der Waals surface area contributed by atoms with Crippen LogP contribution in [-0.4, -0.2) is 25.5 Å². The lowest BCUT2D eigenvalue weighted by molar-refractivity contribution is -0.121. The zero-order chi connectivity index (χ0) is 17.5. The number of ether oxygens (including phenoxy) is 1. The van der Waals surface area contributed by atoms with Crippen molar-refractivity contribution in [3.05, 3.63) is 52.2 Å². The Morgan fingerprint density at radius 2 is 1.88 bits per heavy atom. The molecule has 2 amide bonds. The molecule has 1 heterocycles. The third kappa shape index (κ3) is 4.83. The summed E-state index contributed by atoms with van der Waals surface area (Å²) in [7, 11) is 1.62. The molecule has 1 atom stereocenters. The van der Waals surface area contributed by atoms with Crippen LogP contribution >= 0.6 is 11.3 Å². The molecule has 5 nitrogen and oxygen atoms in total. The summed E-state index contributed by atoms with van der Waals surface area (Å²) >= 11 is 1.45. The molecule has 0 saturated carbocycles. The number of rotatable bonds is 7. The van der Waals surface area contributed by atoms with Crippen molar-refractivity contribution in [3.63, 3.8) is 0 Å². The molecule has 0 unspecified atom stereocenters. The van der Waals surface area contributed by atoms with Gasteiger partial charge in [-0.3, -0.25) is 9.59 Å². The smallest absolute Gasteiger partial charge is 0.252 e. The zero-order valence-electron chi connectivity index (χ0n) is 14.0. The largest absolute Gasteiger partial charge is 0.497 e. The number of benzene rings is 1. The van der Waals surface area contributed by atoms with Crippen LogP contribution in [0.1, 0.15) is 35.8 Å². The Balaban J connectivity index is 1.94. The maximum absolute atomic E-state index is 12.2. The summed E-state index contributed by atoms with van der Waals surface area (Å²) in [6.45, 7) is 4.03. The Kier molecular flexibility index (Phi) is 6.37. The monoisotopic (exact) mass is 346 g/mol. The van der Waals surface area contributed by atoms with Gasteiger partial charge in [0.15, 0.2) is 0 Å². The van der Waals surface area contributed by atoms with Crippen LogP contribution in [0.2, 0.25) is 0 Å². The average Bonchev–Trinajstić information content (AvgIpc) is 3.12. The van der Waals surface area contributed by atoms with Crippen LogP contribution in [0.5, 0.6) is 5.75 Å². The fourth-order valence-electron chi connectivity index (χ4n) is 2.33. The number of methoxy groups -OCH3 is 1. The minimum Gasteiger partial charge on any atom is -0.497 e. The van der Waals surface area contributed by atoms with E-state index in [4.69, 9.17) is 4.74 Å². The number of thiophene rings is 1. The van der Waals surface area contributed by atoms with Crippen LogP contribution in [0.25, 0.3) is 0 Å². The van der Waals surface area contributed by atoms with E-state index in [9.17, 15) is 9.59 Å². The Bertz CT molecular complexity index is 666. The van der Waals surface area contributed by atoms with Crippen LogP contribution in [0.4, 0.5) is 0 Å². The van der Waals surface area contributed by atoms with Crippen molar-refractivity contribution in [2.24, 2.45) is 5.92 Å². The summed E-state index contributed by atoms with van der Waals surface area (Å²) in [4.78, 5) is 24.1.